The molecule has 0 radical (unpaired) electrons. The number of hydrogen-bond donors (Lipinski definition) is 1. The molecule has 0 saturated carbocycles. The van der Waals surface area contributed by atoms with Crippen LogP contribution in [0.15, 0.2) is 66.2 Å². The van der Waals surface area contributed by atoms with Gasteiger partial charge in [-0.05, 0) is 67.1 Å². The number of carbonyl (C=O) groups is 2. The summed E-state index contributed by atoms with van der Waals surface area (Å²) >= 11 is 12.2. The fourth-order valence-corrected chi connectivity index (χ4v) is 4.34. The summed E-state index contributed by atoms with van der Waals surface area (Å²) in [5.74, 6) is -1.22. The van der Waals surface area contributed by atoms with E-state index in [-0.39, 0.29) is 21.2 Å². The molecule has 3 aromatic rings. The van der Waals surface area contributed by atoms with Gasteiger partial charge in [0, 0.05) is 11.3 Å². The van der Waals surface area contributed by atoms with Crippen molar-refractivity contribution < 1.29 is 24.2 Å². The SMILES string of the molecule is CCOc1cc(C2/C(=C(/O)c3ccc(Cl)c(Cl)c3)C(=O)C(=O)N2c2ccc(C#N)cc2)ccc1OC. The lowest BCUT2D eigenvalue weighted by Crippen LogP contribution is -2.29. The fourth-order valence-electron chi connectivity index (χ4n) is 4.04. The normalized spacial score (nSPS) is 16.6. The van der Waals surface area contributed by atoms with Gasteiger partial charge in [0.1, 0.15) is 5.76 Å². The van der Waals surface area contributed by atoms with Crippen molar-refractivity contribution in [3.63, 3.8) is 0 Å². The number of methoxy groups -OCH3 is 1. The van der Waals surface area contributed by atoms with E-state index in [0.29, 0.717) is 34.9 Å². The Kier molecular flexibility index (Phi) is 7.20. The minimum atomic E-state index is -1.00. The Labute approximate surface area is 217 Å². The first-order valence-corrected chi connectivity index (χ1v) is 11.6. The molecule has 182 valence electrons. The highest BCUT2D eigenvalue weighted by Gasteiger charge is 2.47. The topological polar surface area (TPSA) is 99.9 Å². The maximum absolute atomic E-state index is 13.3. The van der Waals surface area contributed by atoms with Gasteiger partial charge >= 0.3 is 0 Å². The molecule has 1 saturated heterocycles. The molecule has 0 spiro atoms. The van der Waals surface area contributed by atoms with Crippen LogP contribution in [0.1, 0.15) is 29.7 Å². The molecular weight excluding hydrogens is 503 g/mol. The van der Waals surface area contributed by atoms with Crippen molar-refractivity contribution in [2.45, 2.75) is 13.0 Å². The van der Waals surface area contributed by atoms with Gasteiger partial charge in [-0.3, -0.25) is 14.5 Å². The first kappa shape index (κ1) is 25.1. The summed E-state index contributed by atoms with van der Waals surface area (Å²) in [5.41, 5.74) is 1.37. The minimum Gasteiger partial charge on any atom is -0.507 e. The van der Waals surface area contributed by atoms with Crippen LogP contribution in [0.4, 0.5) is 5.69 Å². The Hall–Kier alpha value is -3.99. The van der Waals surface area contributed by atoms with E-state index in [2.05, 4.69) is 0 Å². The number of ether oxygens (including phenoxy) is 2. The van der Waals surface area contributed by atoms with Gasteiger partial charge in [0.25, 0.3) is 11.7 Å². The Balaban J connectivity index is 1.96. The first-order chi connectivity index (χ1) is 17.3. The molecule has 1 N–H and O–H groups in total. The van der Waals surface area contributed by atoms with Crippen LogP contribution in [0, 0.1) is 11.3 Å². The summed E-state index contributed by atoms with van der Waals surface area (Å²) in [6.45, 7) is 2.18. The zero-order valence-electron chi connectivity index (χ0n) is 19.3. The van der Waals surface area contributed by atoms with Gasteiger partial charge in [-0.15, -0.1) is 0 Å². The molecule has 1 heterocycles. The van der Waals surface area contributed by atoms with E-state index in [4.69, 9.17) is 37.9 Å². The average molecular weight is 523 g/mol. The van der Waals surface area contributed by atoms with Crippen LogP contribution < -0.4 is 14.4 Å². The van der Waals surface area contributed by atoms with Crippen LogP contribution in [0.25, 0.3) is 5.76 Å². The van der Waals surface area contributed by atoms with Crippen LogP contribution in [0.5, 0.6) is 11.5 Å². The monoisotopic (exact) mass is 522 g/mol. The van der Waals surface area contributed by atoms with Crippen molar-refractivity contribution in [3.8, 4) is 17.6 Å². The number of ketones is 1. The molecule has 1 amide bonds. The molecule has 0 bridgehead atoms. The third-order valence-corrected chi connectivity index (χ3v) is 6.45. The Morgan fingerprint density at radius 3 is 2.36 bits per heavy atom. The van der Waals surface area contributed by atoms with Crippen molar-refractivity contribution in [2.24, 2.45) is 0 Å². The number of nitriles is 1. The van der Waals surface area contributed by atoms with Crippen molar-refractivity contribution >= 4 is 46.3 Å². The lowest BCUT2D eigenvalue weighted by Gasteiger charge is -2.26. The predicted molar refractivity (Wildman–Crippen MR) is 137 cm³/mol. The third kappa shape index (κ3) is 4.49. The number of amides is 1. The van der Waals surface area contributed by atoms with Crippen LogP contribution >= 0.6 is 23.2 Å². The number of anilines is 1. The Bertz CT molecular complexity index is 1430. The number of aliphatic hydroxyl groups excluding tert-OH is 1. The van der Waals surface area contributed by atoms with E-state index >= 15 is 0 Å². The highest BCUT2D eigenvalue weighted by molar-refractivity contribution is 6.51. The molecule has 1 atom stereocenters. The molecule has 4 rings (SSSR count). The highest BCUT2D eigenvalue weighted by Crippen LogP contribution is 2.44. The molecule has 7 nitrogen and oxygen atoms in total. The number of halogens is 2. The maximum Gasteiger partial charge on any atom is 0.300 e. The summed E-state index contributed by atoms with van der Waals surface area (Å²) in [5, 5.41) is 20.9. The molecule has 1 unspecified atom stereocenters. The van der Waals surface area contributed by atoms with Crippen LogP contribution in [0.3, 0.4) is 0 Å². The molecule has 0 aliphatic carbocycles. The van der Waals surface area contributed by atoms with Gasteiger partial charge in [0.15, 0.2) is 11.5 Å². The van der Waals surface area contributed by atoms with Gasteiger partial charge in [0.05, 0.1) is 47.0 Å². The summed E-state index contributed by atoms with van der Waals surface area (Å²) < 4.78 is 11.1. The van der Waals surface area contributed by atoms with Crippen molar-refractivity contribution in [3.05, 3.63) is 93.0 Å². The number of hydrogen-bond acceptors (Lipinski definition) is 6. The lowest BCUT2D eigenvalue weighted by atomic mass is 9.94. The molecular formula is C27H20Cl2N2O5. The van der Waals surface area contributed by atoms with Crippen molar-refractivity contribution in [2.75, 3.05) is 18.6 Å². The molecule has 0 aromatic heterocycles. The highest BCUT2D eigenvalue weighted by atomic mass is 35.5. The van der Waals surface area contributed by atoms with Gasteiger partial charge in [-0.25, -0.2) is 0 Å². The number of Topliss-reactive ketones (excluding diaryl/α,β-unsaturated/α-hetero) is 1. The molecule has 1 aliphatic rings. The van der Waals surface area contributed by atoms with E-state index in [1.54, 1.807) is 42.5 Å². The molecule has 1 fully saturated rings. The maximum atomic E-state index is 13.3. The number of aliphatic hydroxyl groups is 1. The summed E-state index contributed by atoms with van der Waals surface area (Å²) in [7, 11) is 1.50. The summed E-state index contributed by atoms with van der Waals surface area (Å²) in [4.78, 5) is 27.9. The Morgan fingerprint density at radius 1 is 1.03 bits per heavy atom. The van der Waals surface area contributed by atoms with Crippen LogP contribution in [0.2, 0.25) is 10.0 Å². The van der Waals surface area contributed by atoms with E-state index in [9.17, 15) is 14.7 Å². The van der Waals surface area contributed by atoms with Crippen LogP contribution in [-0.4, -0.2) is 30.5 Å². The predicted octanol–water partition coefficient (Wildman–Crippen LogP) is 5.90. The number of carbonyl (C=O) groups excluding carboxylic acids is 2. The van der Waals surface area contributed by atoms with Crippen LogP contribution in [-0.2, 0) is 9.59 Å². The number of rotatable bonds is 6. The molecule has 9 heteroatoms. The quantitative estimate of drug-likeness (QED) is 0.245. The standard InChI is InChI=1S/C27H20Cl2N2O5/c1-3-36-22-13-16(7-11-21(22)35-2)24-23(25(32)17-6-10-19(28)20(29)12-17)26(33)27(34)31(24)18-8-4-15(14-30)5-9-18/h4-13,24,32H,3H2,1-2H3/b25-23-. The van der Waals surface area contributed by atoms with Gasteiger partial charge in [-0.2, -0.15) is 5.26 Å². The van der Waals surface area contributed by atoms with E-state index in [0.717, 1.165) is 0 Å². The zero-order chi connectivity index (χ0) is 26.0. The minimum absolute atomic E-state index is 0.129. The number of nitrogens with zero attached hydrogens (tertiary/aromatic N) is 2. The zero-order valence-corrected chi connectivity index (χ0v) is 20.8. The number of benzene rings is 3. The molecule has 1 aliphatic heterocycles. The average Bonchev–Trinajstić information content (AvgIpc) is 3.15. The summed E-state index contributed by atoms with van der Waals surface area (Å²) in [6, 6.07) is 16.7. The second-order valence-electron chi connectivity index (χ2n) is 7.80. The summed E-state index contributed by atoms with van der Waals surface area (Å²) in [6.07, 6.45) is 0. The second kappa shape index (κ2) is 10.3. The van der Waals surface area contributed by atoms with E-state index < -0.39 is 23.5 Å². The van der Waals surface area contributed by atoms with E-state index in [1.165, 1.54) is 30.2 Å². The van der Waals surface area contributed by atoms with Gasteiger partial charge < -0.3 is 14.6 Å². The third-order valence-electron chi connectivity index (χ3n) is 5.72. The smallest absolute Gasteiger partial charge is 0.300 e. The van der Waals surface area contributed by atoms with Crippen molar-refractivity contribution in [1.82, 2.24) is 0 Å². The molecule has 36 heavy (non-hydrogen) atoms. The molecule has 3 aromatic carbocycles. The fraction of sp³-hybridized carbons (Fsp3) is 0.148. The second-order valence-corrected chi connectivity index (χ2v) is 8.61. The van der Waals surface area contributed by atoms with Gasteiger partial charge in [-0.1, -0.05) is 29.3 Å². The largest absolute Gasteiger partial charge is 0.507 e. The van der Waals surface area contributed by atoms with E-state index in [1.807, 2.05) is 13.0 Å². The van der Waals surface area contributed by atoms with Gasteiger partial charge in [0.2, 0.25) is 0 Å². The van der Waals surface area contributed by atoms with Crippen molar-refractivity contribution in [1.29, 1.82) is 5.26 Å². The Morgan fingerprint density at radius 2 is 1.75 bits per heavy atom. The lowest BCUT2D eigenvalue weighted by molar-refractivity contribution is -0.132. The first-order valence-electron chi connectivity index (χ1n) is 10.9.